The first-order chi connectivity index (χ1) is 8.60. The standard InChI is InChI=1S/C9H6BrF6NO2/c1-18-6-4(2-10)7(8(11,12)13)17-3-5(6)19-9(14,15)16/h3H,2H2,1H3. The fourth-order valence-corrected chi connectivity index (χ4v) is 1.83. The van der Waals surface area contributed by atoms with Gasteiger partial charge in [0.1, 0.15) is 0 Å². The molecule has 1 rings (SSSR count). The second-order valence-corrected chi connectivity index (χ2v) is 3.72. The molecule has 0 saturated carbocycles. The molecule has 0 fully saturated rings. The normalized spacial score (nSPS) is 12.4. The van der Waals surface area contributed by atoms with E-state index in [0.717, 1.165) is 7.11 Å². The van der Waals surface area contributed by atoms with Crippen molar-refractivity contribution in [2.75, 3.05) is 7.11 Å². The molecule has 0 N–H and O–H groups in total. The molecule has 19 heavy (non-hydrogen) atoms. The topological polar surface area (TPSA) is 31.4 Å². The Morgan fingerprint density at radius 2 is 1.79 bits per heavy atom. The van der Waals surface area contributed by atoms with Crippen LogP contribution in [-0.4, -0.2) is 18.5 Å². The predicted octanol–water partition coefficient (Wildman–Crippen LogP) is 3.90. The summed E-state index contributed by atoms with van der Waals surface area (Å²) in [4.78, 5) is 2.95. The van der Waals surface area contributed by atoms with Crippen LogP contribution in [0.4, 0.5) is 26.3 Å². The van der Waals surface area contributed by atoms with E-state index in [2.05, 4.69) is 30.4 Å². The number of aromatic nitrogens is 1. The van der Waals surface area contributed by atoms with Crippen molar-refractivity contribution in [3.63, 3.8) is 0 Å². The lowest BCUT2D eigenvalue weighted by atomic mass is 10.2. The van der Waals surface area contributed by atoms with Gasteiger partial charge < -0.3 is 9.47 Å². The van der Waals surface area contributed by atoms with Gasteiger partial charge in [-0.2, -0.15) is 13.2 Å². The zero-order chi connectivity index (χ0) is 14.8. The number of ether oxygens (including phenoxy) is 2. The number of hydrogen-bond acceptors (Lipinski definition) is 3. The summed E-state index contributed by atoms with van der Waals surface area (Å²) in [5.74, 6) is -1.60. The van der Waals surface area contributed by atoms with Gasteiger partial charge in [-0.1, -0.05) is 15.9 Å². The highest BCUT2D eigenvalue weighted by Gasteiger charge is 2.39. The van der Waals surface area contributed by atoms with Gasteiger partial charge >= 0.3 is 12.5 Å². The van der Waals surface area contributed by atoms with Crippen LogP contribution in [0, 0.1) is 0 Å². The third-order valence-electron chi connectivity index (χ3n) is 1.93. The molecule has 0 spiro atoms. The minimum Gasteiger partial charge on any atom is -0.492 e. The van der Waals surface area contributed by atoms with Crippen molar-refractivity contribution in [3.05, 3.63) is 17.5 Å². The van der Waals surface area contributed by atoms with E-state index in [9.17, 15) is 26.3 Å². The number of halogens is 7. The third-order valence-corrected chi connectivity index (χ3v) is 2.49. The molecular weight excluding hydrogens is 348 g/mol. The first-order valence-electron chi connectivity index (χ1n) is 4.55. The first kappa shape index (κ1) is 15.9. The van der Waals surface area contributed by atoms with Gasteiger partial charge in [0.05, 0.1) is 13.3 Å². The van der Waals surface area contributed by atoms with Gasteiger partial charge in [-0.3, -0.25) is 0 Å². The van der Waals surface area contributed by atoms with E-state index in [4.69, 9.17) is 0 Å². The lowest BCUT2D eigenvalue weighted by Crippen LogP contribution is -2.19. The third kappa shape index (κ3) is 3.88. The Morgan fingerprint density at radius 1 is 1.21 bits per heavy atom. The average Bonchev–Trinajstić information content (AvgIpc) is 2.24. The summed E-state index contributed by atoms with van der Waals surface area (Å²) >= 11 is 2.75. The van der Waals surface area contributed by atoms with Crippen molar-refractivity contribution in [3.8, 4) is 11.5 Å². The van der Waals surface area contributed by atoms with Crippen molar-refractivity contribution < 1.29 is 35.8 Å². The number of methoxy groups -OCH3 is 1. The van der Waals surface area contributed by atoms with Crippen molar-refractivity contribution in [2.45, 2.75) is 17.9 Å². The molecule has 0 aliphatic rings. The number of rotatable bonds is 3. The highest BCUT2D eigenvalue weighted by atomic mass is 79.9. The molecule has 3 nitrogen and oxygen atoms in total. The van der Waals surface area contributed by atoms with Gasteiger partial charge in [0.15, 0.2) is 17.2 Å². The lowest BCUT2D eigenvalue weighted by molar-refractivity contribution is -0.275. The van der Waals surface area contributed by atoms with Crippen molar-refractivity contribution in [2.24, 2.45) is 0 Å². The molecule has 1 aromatic rings. The minimum atomic E-state index is -5.06. The molecule has 10 heteroatoms. The van der Waals surface area contributed by atoms with Gasteiger partial charge in [-0.25, -0.2) is 4.98 Å². The molecule has 0 unspecified atom stereocenters. The van der Waals surface area contributed by atoms with Gasteiger partial charge in [-0.15, -0.1) is 13.2 Å². The predicted molar refractivity (Wildman–Crippen MR) is 55.1 cm³/mol. The zero-order valence-electron chi connectivity index (χ0n) is 9.19. The number of pyridine rings is 1. The Bertz CT molecular complexity index is 459. The smallest absolute Gasteiger partial charge is 0.492 e. The molecule has 0 saturated heterocycles. The van der Waals surface area contributed by atoms with Crippen LogP contribution in [0.25, 0.3) is 0 Å². The van der Waals surface area contributed by atoms with Crippen LogP contribution < -0.4 is 9.47 Å². The zero-order valence-corrected chi connectivity index (χ0v) is 10.8. The fourth-order valence-electron chi connectivity index (χ4n) is 1.31. The molecule has 0 aliphatic carbocycles. The molecule has 0 aliphatic heterocycles. The maximum absolute atomic E-state index is 12.6. The minimum absolute atomic E-state index is 0.321. The monoisotopic (exact) mass is 353 g/mol. The summed E-state index contributed by atoms with van der Waals surface area (Å²) in [6.07, 6.45) is -9.55. The van der Waals surface area contributed by atoms with Crippen LogP contribution in [0.1, 0.15) is 11.3 Å². The van der Waals surface area contributed by atoms with Crippen LogP contribution in [0.2, 0.25) is 0 Å². The summed E-state index contributed by atoms with van der Waals surface area (Å²) in [5, 5.41) is -0.396. The maximum atomic E-state index is 12.6. The van der Waals surface area contributed by atoms with E-state index in [1.807, 2.05) is 0 Å². The molecule has 1 heterocycles. The summed E-state index contributed by atoms with van der Waals surface area (Å²) in [6, 6.07) is 0. The molecule has 0 radical (unpaired) electrons. The van der Waals surface area contributed by atoms with E-state index < -0.39 is 40.6 Å². The van der Waals surface area contributed by atoms with Crippen LogP contribution in [0.15, 0.2) is 6.20 Å². The van der Waals surface area contributed by atoms with Crippen molar-refractivity contribution in [1.29, 1.82) is 0 Å². The lowest BCUT2D eigenvalue weighted by Gasteiger charge is -2.17. The van der Waals surface area contributed by atoms with E-state index in [-0.39, 0.29) is 0 Å². The molecule has 0 amide bonds. The summed E-state index contributed by atoms with van der Waals surface area (Å²) < 4.78 is 82.2. The fraction of sp³-hybridized carbons (Fsp3) is 0.444. The van der Waals surface area contributed by atoms with E-state index in [0.29, 0.717) is 6.20 Å². The summed E-state index contributed by atoms with van der Waals surface area (Å²) in [6.45, 7) is 0. The SMILES string of the molecule is COc1c(OC(F)(F)F)cnc(C(F)(F)F)c1CBr. The number of hydrogen-bond donors (Lipinski definition) is 0. The van der Waals surface area contributed by atoms with Crippen LogP contribution in [0.3, 0.4) is 0 Å². The second-order valence-electron chi connectivity index (χ2n) is 3.16. The highest BCUT2D eigenvalue weighted by molar-refractivity contribution is 9.08. The van der Waals surface area contributed by atoms with E-state index in [1.54, 1.807) is 0 Å². The number of alkyl halides is 7. The highest BCUT2D eigenvalue weighted by Crippen LogP contribution is 2.41. The second kappa shape index (κ2) is 5.43. The molecule has 0 atom stereocenters. The Hall–Kier alpha value is -1.19. The van der Waals surface area contributed by atoms with Crippen LogP contribution >= 0.6 is 15.9 Å². The average molecular weight is 354 g/mol. The summed E-state index contributed by atoms with van der Waals surface area (Å²) in [7, 11) is 0.935. The molecule has 1 aromatic heterocycles. The molecule has 0 bridgehead atoms. The Labute approximate surface area is 111 Å². The van der Waals surface area contributed by atoms with Gasteiger partial charge in [0.25, 0.3) is 0 Å². The van der Waals surface area contributed by atoms with E-state index in [1.165, 1.54) is 0 Å². The Morgan fingerprint density at radius 3 is 2.16 bits per heavy atom. The van der Waals surface area contributed by atoms with E-state index >= 15 is 0 Å². The van der Waals surface area contributed by atoms with Gasteiger partial charge in [0, 0.05) is 10.9 Å². The van der Waals surface area contributed by atoms with Crippen molar-refractivity contribution >= 4 is 15.9 Å². The number of nitrogens with zero attached hydrogens (tertiary/aromatic N) is 1. The first-order valence-corrected chi connectivity index (χ1v) is 5.67. The Balaban J connectivity index is 3.39. The molecule has 108 valence electrons. The van der Waals surface area contributed by atoms with Crippen LogP contribution in [-0.2, 0) is 11.5 Å². The van der Waals surface area contributed by atoms with Gasteiger partial charge in [-0.05, 0) is 0 Å². The largest absolute Gasteiger partial charge is 0.573 e. The Kier molecular flexibility index (Phi) is 4.54. The van der Waals surface area contributed by atoms with Crippen molar-refractivity contribution in [1.82, 2.24) is 4.98 Å². The molecule has 0 aromatic carbocycles. The van der Waals surface area contributed by atoms with Gasteiger partial charge in [0.2, 0.25) is 0 Å². The quantitative estimate of drug-likeness (QED) is 0.610. The summed E-state index contributed by atoms with van der Waals surface area (Å²) in [5.41, 5.74) is -1.91. The molecular formula is C9H6BrF6NO2. The van der Waals surface area contributed by atoms with Crippen LogP contribution in [0.5, 0.6) is 11.5 Å². The maximum Gasteiger partial charge on any atom is 0.573 e.